The molecule has 1 aliphatic rings. The van der Waals surface area contributed by atoms with Gasteiger partial charge in [0, 0.05) is 52.6 Å². The van der Waals surface area contributed by atoms with E-state index in [1.807, 2.05) is 13.1 Å². The number of aliphatic imine (C=N–C) groups is 1. The normalized spacial score (nSPS) is 20.1. The van der Waals surface area contributed by atoms with Crippen LogP contribution in [0.25, 0.3) is 0 Å². The topological polar surface area (TPSA) is 71.0 Å². The van der Waals surface area contributed by atoms with Gasteiger partial charge in [-0.3, -0.25) is 4.99 Å². The second-order valence-corrected chi connectivity index (χ2v) is 6.59. The molecule has 0 aliphatic carbocycles. The Morgan fingerprint density at radius 2 is 2.04 bits per heavy atom. The van der Waals surface area contributed by atoms with Gasteiger partial charge in [0.15, 0.2) is 5.96 Å². The van der Waals surface area contributed by atoms with Gasteiger partial charge >= 0.3 is 0 Å². The van der Waals surface area contributed by atoms with E-state index in [2.05, 4.69) is 51.5 Å². The summed E-state index contributed by atoms with van der Waals surface area (Å²) in [5.41, 5.74) is 1.13. The average molecular weight is 491 g/mol. The predicted octanol–water partition coefficient (Wildman–Crippen LogP) is 2.40. The van der Waals surface area contributed by atoms with E-state index in [1.165, 1.54) is 0 Å². The molecule has 1 saturated heterocycles. The minimum atomic E-state index is 0. The van der Waals surface area contributed by atoms with Crippen LogP contribution in [-0.4, -0.2) is 63.0 Å². The molecule has 1 fully saturated rings. The Labute approximate surface area is 180 Å². The minimum absolute atomic E-state index is 0. The summed E-state index contributed by atoms with van der Waals surface area (Å²) in [6.07, 6.45) is 3.36. The number of hydrogen-bond acceptors (Lipinski definition) is 5. The van der Waals surface area contributed by atoms with E-state index >= 15 is 0 Å². The Hall–Kier alpha value is -1.13. The van der Waals surface area contributed by atoms with Crippen molar-refractivity contribution in [2.45, 2.75) is 45.9 Å². The highest BCUT2D eigenvalue weighted by Gasteiger charge is 2.22. The fraction of sp³-hybridized carbons (Fsp3) is 0.684. The molecule has 2 atom stereocenters. The lowest BCUT2D eigenvalue weighted by Gasteiger charge is -2.36. The van der Waals surface area contributed by atoms with Crippen molar-refractivity contribution in [1.29, 1.82) is 0 Å². The number of nitrogens with one attached hydrogen (secondary N) is 2. The SMILES string of the molecule is CCOCCCNC(=NC)NCc1ccc(N2CC(C)OC(C)C2)nc1.I. The molecule has 2 heterocycles. The lowest BCUT2D eigenvalue weighted by molar-refractivity contribution is -0.00545. The number of nitrogens with zero attached hydrogens (tertiary/aromatic N) is 3. The maximum Gasteiger partial charge on any atom is 0.191 e. The molecule has 0 aromatic carbocycles. The summed E-state index contributed by atoms with van der Waals surface area (Å²) in [4.78, 5) is 11.2. The Morgan fingerprint density at radius 3 is 2.63 bits per heavy atom. The zero-order chi connectivity index (χ0) is 18.8. The summed E-state index contributed by atoms with van der Waals surface area (Å²) in [6, 6.07) is 4.20. The van der Waals surface area contributed by atoms with Crippen LogP contribution in [0.2, 0.25) is 0 Å². The molecule has 2 unspecified atom stereocenters. The summed E-state index contributed by atoms with van der Waals surface area (Å²) in [5.74, 6) is 1.80. The van der Waals surface area contributed by atoms with Crippen LogP contribution >= 0.6 is 24.0 Å². The molecule has 8 heteroatoms. The first-order valence-corrected chi connectivity index (χ1v) is 9.50. The van der Waals surface area contributed by atoms with Gasteiger partial charge in [-0.15, -0.1) is 24.0 Å². The van der Waals surface area contributed by atoms with Crippen LogP contribution in [0.5, 0.6) is 0 Å². The first-order valence-electron chi connectivity index (χ1n) is 9.50. The van der Waals surface area contributed by atoms with Crippen molar-refractivity contribution in [3.8, 4) is 0 Å². The molecule has 2 rings (SSSR count). The van der Waals surface area contributed by atoms with E-state index in [9.17, 15) is 0 Å². The summed E-state index contributed by atoms with van der Waals surface area (Å²) in [6.45, 7) is 11.0. The quantitative estimate of drug-likeness (QED) is 0.252. The standard InChI is InChI=1S/C19H33N5O2.HI/c1-5-25-10-6-9-21-19(20-4)23-12-17-7-8-18(22-11-17)24-13-15(2)26-16(3)14-24;/h7-8,11,15-16H,5-6,9-10,12-14H2,1-4H3,(H2,20,21,23);1H. The Morgan fingerprint density at radius 1 is 1.30 bits per heavy atom. The van der Waals surface area contributed by atoms with Gasteiger partial charge in [-0.25, -0.2) is 4.98 Å². The number of morpholine rings is 1. The molecule has 1 aromatic rings. The number of aromatic nitrogens is 1. The highest BCUT2D eigenvalue weighted by atomic mass is 127. The molecule has 0 amide bonds. The van der Waals surface area contributed by atoms with Crippen molar-refractivity contribution < 1.29 is 9.47 Å². The minimum Gasteiger partial charge on any atom is -0.382 e. The summed E-state index contributed by atoms with van der Waals surface area (Å²) in [5, 5.41) is 6.60. The predicted molar refractivity (Wildman–Crippen MR) is 121 cm³/mol. The van der Waals surface area contributed by atoms with Crippen LogP contribution in [-0.2, 0) is 16.0 Å². The Balaban J connectivity index is 0.00000364. The average Bonchev–Trinajstić information content (AvgIpc) is 2.63. The van der Waals surface area contributed by atoms with Gasteiger partial charge in [0.25, 0.3) is 0 Å². The number of hydrogen-bond donors (Lipinski definition) is 2. The summed E-state index contributed by atoms with van der Waals surface area (Å²) < 4.78 is 11.1. The van der Waals surface area contributed by atoms with Crippen LogP contribution < -0.4 is 15.5 Å². The number of anilines is 1. The maximum atomic E-state index is 5.79. The number of pyridine rings is 1. The molecular weight excluding hydrogens is 457 g/mol. The molecule has 1 aromatic heterocycles. The van der Waals surface area contributed by atoms with Crippen molar-refractivity contribution >= 4 is 35.8 Å². The fourth-order valence-electron chi connectivity index (χ4n) is 3.01. The van der Waals surface area contributed by atoms with E-state index < -0.39 is 0 Å². The summed E-state index contributed by atoms with van der Waals surface area (Å²) >= 11 is 0. The van der Waals surface area contributed by atoms with Crippen molar-refractivity contribution in [3.63, 3.8) is 0 Å². The number of ether oxygens (including phenoxy) is 2. The van der Waals surface area contributed by atoms with Gasteiger partial charge in [0.1, 0.15) is 5.82 Å². The third-order valence-corrected chi connectivity index (χ3v) is 4.20. The molecule has 7 nitrogen and oxygen atoms in total. The smallest absolute Gasteiger partial charge is 0.191 e. The highest BCUT2D eigenvalue weighted by Crippen LogP contribution is 2.18. The second-order valence-electron chi connectivity index (χ2n) is 6.59. The lowest BCUT2D eigenvalue weighted by atomic mass is 10.2. The van der Waals surface area contributed by atoms with Crippen LogP contribution in [0.15, 0.2) is 23.3 Å². The molecule has 0 radical (unpaired) electrons. The van der Waals surface area contributed by atoms with Crippen molar-refractivity contribution in [2.75, 3.05) is 44.8 Å². The third kappa shape index (κ3) is 8.61. The van der Waals surface area contributed by atoms with Crippen LogP contribution in [0.1, 0.15) is 32.8 Å². The lowest BCUT2D eigenvalue weighted by Crippen LogP contribution is -2.45. The van der Waals surface area contributed by atoms with Gasteiger partial charge in [0.2, 0.25) is 0 Å². The van der Waals surface area contributed by atoms with Crippen LogP contribution in [0.3, 0.4) is 0 Å². The molecule has 0 saturated carbocycles. The van der Waals surface area contributed by atoms with E-state index in [0.717, 1.165) is 56.6 Å². The molecular formula is C19H34IN5O2. The van der Waals surface area contributed by atoms with Gasteiger partial charge in [-0.05, 0) is 38.8 Å². The van der Waals surface area contributed by atoms with E-state index in [0.29, 0.717) is 6.54 Å². The third-order valence-electron chi connectivity index (χ3n) is 4.20. The zero-order valence-corrected chi connectivity index (χ0v) is 19.2. The van der Waals surface area contributed by atoms with E-state index in [1.54, 1.807) is 7.05 Å². The first kappa shape index (κ1) is 23.9. The van der Waals surface area contributed by atoms with Gasteiger partial charge in [-0.1, -0.05) is 6.07 Å². The highest BCUT2D eigenvalue weighted by molar-refractivity contribution is 14.0. The Kier molecular flexibility index (Phi) is 11.6. The van der Waals surface area contributed by atoms with Crippen molar-refractivity contribution in [3.05, 3.63) is 23.9 Å². The zero-order valence-electron chi connectivity index (χ0n) is 16.9. The molecule has 154 valence electrons. The molecule has 27 heavy (non-hydrogen) atoms. The molecule has 2 N–H and O–H groups in total. The molecule has 1 aliphatic heterocycles. The molecule has 0 spiro atoms. The Bertz CT molecular complexity index is 546. The van der Waals surface area contributed by atoms with Gasteiger partial charge in [-0.2, -0.15) is 0 Å². The van der Waals surface area contributed by atoms with Crippen molar-refractivity contribution in [1.82, 2.24) is 15.6 Å². The fourth-order valence-corrected chi connectivity index (χ4v) is 3.01. The number of halogens is 1. The summed E-state index contributed by atoms with van der Waals surface area (Å²) in [7, 11) is 1.78. The van der Waals surface area contributed by atoms with E-state index in [4.69, 9.17) is 9.47 Å². The van der Waals surface area contributed by atoms with Crippen LogP contribution in [0, 0.1) is 0 Å². The largest absolute Gasteiger partial charge is 0.382 e. The van der Waals surface area contributed by atoms with Gasteiger partial charge < -0.3 is 25.0 Å². The van der Waals surface area contributed by atoms with Crippen molar-refractivity contribution in [2.24, 2.45) is 4.99 Å². The molecule has 0 bridgehead atoms. The van der Waals surface area contributed by atoms with Crippen LogP contribution in [0.4, 0.5) is 5.82 Å². The number of guanidine groups is 1. The second kappa shape index (κ2) is 13.1. The van der Waals surface area contributed by atoms with E-state index in [-0.39, 0.29) is 36.2 Å². The van der Waals surface area contributed by atoms with Gasteiger partial charge in [0.05, 0.1) is 12.2 Å². The monoisotopic (exact) mass is 491 g/mol. The maximum absolute atomic E-state index is 5.79. The first-order chi connectivity index (χ1) is 12.6. The number of rotatable bonds is 8.